The fourth-order valence-electron chi connectivity index (χ4n) is 2.68. The number of methoxy groups -OCH3 is 2. The van der Waals surface area contributed by atoms with Crippen LogP contribution >= 0.6 is 0 Å². The summed E-state index contributed by atoms with van der Waals surface area (Å²) >= 11 is 0. The highest BCUT2D eigenvalue weighted by Gasteiger charge is 2.28. The Morgan fingerprint density at radius 1 is 1.05 bits per heavy atom. The number of aromatic nitrogens is 3. The monoisotopic (exact) mass is 293 g/mol. The van der Waals surface area contributed by atoms with E-state index in [1.54, 1.807) is 14.2 Å². The Bertz CT molecular complexity index is 452. The third-order valence-corrected chi connectivity index (χ3v) is 4.01. The minimum atomic E-state index is 0.303. The van der Waals surface area contributed by atoms with Gasteiger partial charge < -0.3 is 19.7 Å². The second-order valence-electron chi connectivity index (χ2n) is 5.75. The third kappa shape index (κ3) is 3.72. The van der Waals surface area contributed by atoms with Crippen molar-refractivity contribution in [1.29, 1.82) is 0 Å². The first-order valence-electron chi connectivity index (χ1n) is 7.61. The minimum absolute atomic E-state index is 0.303. The maximum Gasteiger partial charge on any atom is 0.324 e. The molecule has 0 spiro atoms. The number of nitrogens with one attached hydrogen (secondary N) is 1. The van der Waals surface area contributed by atoms with Gasteiger partial charge in [0.2, 0.25) is 5.95 Å². The van der Waals surface area contributed by atoms with Gasteiger partial charge >= 0.3 is 12.0 Å². The fraction of sp³-hybridized carbons (Fsp3) is 0.786. The molecule has 0 bridgehead atoms. The molecule has 2 heterocycles. The van der Waals surface area contributed by atoms with Crippen LogP contribution in [0.5, 0.6) is 12.0 Å². The Hall–Kier alpha value is -1.63. The van der Waals surface area contributed by atoms with Crippen molar-refractivity contribution < 1.29 is 9.47 Å². The Kier molecular flexibility index (Phi) is 4.38. The van der Waals surface area contributed by atoms with Crippen molar-refractivity contribution in [2.75, 3.05) is 38.8 Å². The van der Waals surface area contributed by atoms with Gasteiger partial charge in [0.05, 0.1) is 14.2 Å². The molecular formula is C14H23N5O2. The van der Waals surface area contributed by atoms with Crippen LogP contribution in [0.4, 0.5) is 5.95 Å². The minimum Gasteiger partial charge on any atom is -0.467 e. The molecule has 3 rings (SSSR count). The predicted molar refractivity (Wildman–Crippen MR) is 78.9 cm³/mol. The molecule has 2 fully saturated rings. The van der Waals surface area contributed by atoms with Crippen LogP contribution in [-0.4, -0.2) is 54.8 Å². The second kappa shape index (κ2) is 6.43. The van der Waals surface area contributed by atoms with Gasteiger partial charge in [0.15, 0.2) is 0 Å². The number of nitrogens with zero attached hydrogens (tertiary/aromatic N) is 4. The number of rotatable bonds is 7. The molecule has 21 heavy (non-hydrogen) atoms. The normalized spacial score (nSPS) is 21.3. The Balaban J connectivity index is 1.79. The summed E-state index contributed by atoms with van der Waals surface area (Å²) in [5.41, 5.74) is 0. The van der Waals surface area contributed by atoms with Crippen LogP contribution in [0, 0.1) is 5.92 Å². The summed E-state index contributed by atoms with van der Waals surface area (Å²) in [5, 5.41) is 3.53. The first-order chi connectivity index (χ1) is 10.3. The van der Waals surface area contributed by atoms with Crippen LogP contribution in [-0.2, 0) is 0 Å². The zero-order chi connectivity index (χ0) is 14.7. The summed E-state index contributed by atoms with van der Waals surface area (Å²) in [7, 11) is 3.12. The van der Waals surface area contributed by atoms with Gasteiger partial charge in [-0.3, -0.25) is 0 Å². The third-order valence-electron chi connectivity index (χ3n) is 4.01. The highest BCUT2D eigenvalue weighted by atomic mass is 16.5. The summed E-state index contributed by atoms with van der Waals surface area (Å²) in [4.78, 5) is 15.1. The molecule has 0 aromatic carbocycles. The molecule has 0 radical (unpaired) electrons. The first kappa shape index (κ1) is 14.3. The lowest BCUT2D eigenvalue weighted by molar-refractivity contribution is 0.339. The van der Waals surface area contributed by atoms with Crippen molar-refractivity contribution in [3.8, 4) is 12.0 Å². The van der Waals surface area contributed by atoms with Crippen LogP contribution in [0.3, 0.4) is 0 Å². The largest absolute Gasteiger partial charge is 0.467 e. The average Bonchev–Trinajstić information content (AvgIpc) is 3.19. The van der Waals surface area contributed by atoms with Crippen LogP contribution in [0.25, 0.3) is 0 Å². The summed E-state index contributed by atoms with van der Waals surface area (Å²) < 4.78 is 10.3. The summed E-state index contributed by atoms with van der Waals surface area (Å²) in [6, 6.07) is 1.12. The molecule has 116 valence electrons. The van der Waals surface area contributed by atoms with E-state index in [1.807, 2.05) is 0 Å². The van der Waals surface area contributed by atoms with Crippen molar-refractivity contribution in [1.82, 2.24) is 20.3 Å². The van der Waals surface area contributed by atoms with E-state index in [4.69, 9.17) is 9.47 Å². The van der Waals surface area contributed by atoms with Crippen LogP contribution < -0.4 is 19.7 Å². The Morgan fingerprint density at radius 3 is 2.29 bits per heavy atom. The van der Waals surface area contributed by atoms with E-state index < -0.39 is 0 Å². The summed E-state index contributed by atoms with van der Waals surface area (Å²) in [6.07, 6.45) is 5.05. The van der Waals surface area contributed by atoms with Crippen LogP contribution in [0.1, 0.15) is 25.7 Å². The lowest BCUT2D eigenvalue weighted by atomic mass is 10.2. The van der Waals surface area contributed by atoms with Crippen molar-refractivity contribution in [2.45, 2.75) is 31.7 Å². The van der Waals surface area contributed by atoms with Crippen molar-refractivity contribution in [3.63, 3.8) is 0 Å². The molecule has 1 aliphatic carbocycles. The van der Waals surface area contributed by atoms with Crippen molar-refractivity contribution >= 4 is 5.95 Å². The predicted octanol–water partition coefficient (Wildman–Crippen LogP) is 0.857. The molecule has 1 N–H and O–H groups in total. The molecule has 1 saturated heterocycles. The first-order valence-corrected chi connectivity index (χ1v) is 7.61. The summed E-state index contributed by atoms with van der Waals surface area (Å²) in [5.74, 6) is 1.42. The molecule has 1 unspecified atom stereocenters. The SMILES string of the molecule is COc1nc(OC)nc(N(CC2CC2)CC2CCCN2)n1. The van der Waals surface area contributed by atoms with E-state index >= 15 is 0 Å². The van der Waals surface area contributed by atoms with Gasteiger partial charge in [-0.25, -0.2) is 0 Å². The van der Waals surface area contributed by atoms with Crippen LogP contribution in [0.15, 0.2) is 0 Å². The van der Waals surface area contributed by atoms with Crippen molar-refractivity contribution in [2.24, 2.45) is 5.92 Å². The second-order valence-corrected chi connectivity index (χ2v) is 5.75. The van der Waals surface area contributed by atoms with Gasteiger partial charge in [0, 0.05) is 19.1 Å². The lowest BCUT2D eigenvalue weighted by Crippen LogP contribution is -2.39. The van der Waals surface area contributed by atoms with E-state index in [9.17, 15) is 0 Å². The van der Waals surface area contributed by atoms with E-state index in [2.05, 4.69) is 25.2 Å². The van der Waals surface area contributed by atoms with Gasteiger partial charge in [-0.2, -0.15) is 9.97 Å². The molecule has 7 nitrogen and oxygen atoms in total. The zero-order valence-electron chi connectivity index (χ0n) is 12.7. The maximum absolute atomic E-state index is 5.15. The number of hydrogen-bond donors (Lipinski definition) is 1. The molecule has 0 amide bonds. The Labute approximate surface area is 125 Å². The van der Waals surface area contributed by atoms with E-state index in [-0.39, 0.29) is 0 Å². The topological polar surface area (TPSA) is 72.4 Å². The summed E-state index contributed by atoms with van der Waals surface area (Å²) in [6.45, 7) is 3.02. The molecule has 1 atom stereocenters. The molecule has 1 aliphatic heterocycles. The van der Waals surface area contributed by atoms with E-state index in [1.165, 1.54) is 25.7 Å². The van der Waals surface area contributed by atoms with Crippen molar-refractivity contribution in [3.05, 3.63) is 0 Å². The molecule has 1 saturated carbocycles. The average molecular weight is 293 g/mol. The molecule has 1 aromatic heterocycles. The highest BCUT2D eigenvalue weighted by molar-refractivity contribution is 5.33. The molecular weight excluding hydrogens is 270 g/mol. The molecule has 7 heteroatoms. The quantitative estimate of drug-likeness (QED) is 0.799. The lowest BCUT2D eigenvalue weighted by Gasteiger charge is -2.26. The van der Waals surface area contributed by atoms with E-state index in [0.29, 0.717) is 24.0 Å². The Morgan fingerprint density at radius 2 is 1.76 bits per heavy atom. The van der Waals surface area contributed by atoms with Gasteiger partial charge in [0.1, 0.15) is 0 Å². The smallest absolute Gasteiger partial charge is 0.324 e. The zero-order valence-corrected chi connectivity index (χ0v) is 12.7. The molecule has 1 aromatic rings. The van der Waals surface area contributed by atoms with Crippen LogP contribution in [0.2, 0.25) is 0 Å². The van der Waals surface area contributed by atoms with Gasteiger partial charge in [-0.15, -0.1) is 4.98 Å². The number of anilines is 1. The highest BCUT2D eigenvalue weighted by Crippen LogP contribution is 2.31. The number of ether oxygens (including phenoxy) is 2. The van der Waals surface area contributed by atoms with E-state index in [0.717, 1.165) is 25.6 Å². The standard InChI is InChI=1S/C14H23N5O2/c1-20-13-16-12(17-14(18-13)21-2)19(8-10-5-6-10)9-11-4-3-7-15-11/h10-11,15H,3-9H2,1-2H3. The molecule has 2 aliphatic rings. The van der Waals surface area contributed by atoms with Gasteiger partial charge in [-0.05, 0) is 38.1 Å². The fourth-order valence-corrected chi connectivity index (χ4v) is 2.68. The number of hydrogen-bond acceptors (Lipinski definition) is 7. The maximum atomic E-state index is 5.15. The van der Waals surface area contributed by atoms with Gasteiger partial charge in [0.25, 0.3) is 0 Å². The van der Waals surface area contributed by atoms with Gasteiger partial charge in [-0.1, -0.05) is 0 Å².